The van der Waals surface area contributed by atoms with Gasteiger partial charge in [0.25, 0.3) is 0 Å². The third kappa shape index (κ3) is 2.45. The lowest BCUT2D eigenvalue weighted by atomic mass is 9.85. The van der Waals surface area contributed by atoms with Crippen LogP contribution in [0.25, 0.3) is 0 Å². The number of allylic oxidation sites excluding steroid dienone is 3. The van der Waals surface area contributed by atoms with Crippen LogP contribution in [-0.4, -0.2) is 17.9 Å². The SMILES string of the molecule is CC1=CCCC2=C[C@H](OC2=O)C(C)(C)C=CC1=O. The fourth-order valence-corrected chi connectivity index (χ4v) is 2.09. The lowest BCUT2D eigenvalue weighted by Crippen LogP contribution is -2.27. The van der Waals surface area contributed by atoms with Crippen molar-refractivity contribution in [1.82, 2.24) is 0 Å². The Morgan fingerprint density at radius 3 is 2.78 bits per heavy atom. The van der Waals surface area contributed by atoms with Gasteiger partial charge >= 0.3 is 5.97 Å². The number of carbonyl (C=O) groups is 2. The van der Waals surface area contributed by atoms with Gasteiger partial charge in [-0.15, -0.1) is 0 Å². The molecule has 0 amide bonds. The van der Waals surface area contributed by atoms with Crippen LogP contribution in [0.1, 0.15) is 33.6 Å². The maximum Gasteiger partial charge on any atom is 0.334 e. The summed E-state index contributed by atoms with van der Waals surface area (Å²) >= 11 is 0. The van der Waals surface area contributed by atoms with E-state index < -0.39 is 0 Å². The van der Waals surface area contributed by atoms with E-state index in [0.29, 0.717) is 12.8 Å². The number of rotatable bonds is 0. The first-order valence-corrected chi connectivity index (χ1v) is 6.22. The molecule has 2 bridgehead atoms. The summed E-state index contributed by atoms with van der Waals surface area (Å²) in [6.07, 6.45) is 8.24. The normalized spacial score (nSPS) is 27.2. The summed E-state index contributed by atoms with van der Waals surface area (Å²) in [5, 5.41) is 0. The van der Waals surface area contributed by atoms with Gasteiger partial charge in [-0.05, 0) is 37.5 Å². The molecule has 0 aromatic carbocycles. The van der Waals surface area contributed by atoms with E-state index >= 15 is 0 Å². The Morgan fingerprint density at radius 1 is 1.33 bits per heavy atom. The van der Waals surface area contributed by atoms with Gasteiger partial charge in [0.05, 0.1) is 0 Å². The highest BCUT2D eigenvalue weighted by atomic mass is 16.5. The van der Waals surface area contributed by atoms with Crippen LogP contribution in [0.5, 0.6) is 0 Å². The molecule has 0 saturated heterocycles. The molecule has 1 heterocycles. The third-order valence-corrected chi connectivity index (χ3v) is 3.50. The van der Waals surface area contributed by atoms with Crippen molar-refractivity contribution in [2.45, 2.75) is 39.7 Å². The van der Waals surface area contributed by atoms with Crippen molar-refractivity contribution in [2.24, 2.45) is 5.41 Å². The molecule has 2 aliphatic rings. The summed E-state index contributed by atoms with van der Waals surface area (Å²) in [4.78, 5) is 23.5. The molecule has 0 aromatic heterocycles. The molecule has 18 heavy (non-hydrogen) atoms. The Hall–Kier alpha value is -1.64. The van der Waals surface area contributed by atoms with Crippen molar-refractivity contribution < 1.29 is 14.3 Å². The van der Waals surface area contributed by atoms with Crippen LogP contribution in [0.2, 0.25) is 0 Å². The van der Waals surface area contributed by atoms with E-state index in [4.69, 9.17) is 4.74 Å². The zero-order chi connectivity index (χ0) is 13.3. The molecule has 0 aromatic rings. The molecule has 1 aliphatic carbocycles. The van der Waals surface area contributed by atoms with E-state index in [-0.39, 0.29) is 23.3 Å². The fraction of sp³-hybridized carbons (Fsp3) is 0.467. The molecule has 0 unspecified atom stereocenters. The molecular weight excluding hydrogens is 228 g/mol. The van der Waals surface area contributed by atoms with Crippen molar-refractivity contribution in [1.29, 1.82) is 0 Å². The second-order valence-electron chi connectivity index (χ2n) is 5.46. The van der Waals surface area contributed by atoms with Gasteiger partial charge in [0.2, 0.25) is 0 Å². The highest BCUT2D eigenvalue weighted by Crippen LogP contribution is 2.33. The zero-order valence-electron chi connectivity index (χ0n) is 11.0. The van der Waals surface area contributed by atoms with E-state index in [1.54, 1.807) is 6.08 Å². The average molecular weight is 246 g/mol. The number of esters is 1. The van der Waals surface area contributed by atoms with E-state index in [9.17, 15) is 9.59 Å². The summed E-state index contributed by atoms with van der Waals surface area (Å²) in [5.41, 5.74) is 1.09. The van der Waals surface area contributed by atoms with E-state index in [1.807, 2.05) is 39.0 Å². The molecule has 96 valence electrons. The molecule has 2 rings (SSSR count). The second-order valence-corrected chi connectivity index (χ2v) is 5.46. The average Bonchev–Trinajstić information content (AvgIpc) is 2.67. The highest BCUT2D eigenvalue weighted by molar-refractivity contribution is 6.03. The summed E-state index contributed by atoms with van der Waals surface area (Å²) in [6.45, 7) is 5.73. The first kappa shape index (κ1) is 12.8. The van der Waals surface area contributed by atoms with Gasteiger partial charge in [-0.2, -0.15) is 0 Å². The van der Waals surface area contributed by atoms with Gasteiger partial charge in [0, 0.05) is 11.0 Å². The van der Waals surface area contributed by atoms with Crippen LogP contribution < -0.4 is 0 Å². The quantitative estimate of drug-likeness (QED) is 0.617. The smallest absolute Gasteiger partial charge is 0.334 e. The van der Waals surface area contributed by atoms with E-state index in [2.05, 4.69) is 0 Å². The molecule has 0 spiro atoms. The number of hydrogen-bond donors (Lipinski definition) is 0. The molecule has 0 fully saturated rings. The second kappa shape index (κ2) is 4.56. The van der Waals surface area contributed by atoms with Crippen LogP contribution in [0.3, 0.4) is 0 Å². The van der Waals surface area contributed by atoms with Crippen molar-refractivity contribution in [3.05, 3.63) is 35.5 Å². The standard InChI is InChI=1S/C15H18O3/c1-10-5-4-6-11-9-13(18-14(11)17)15(2,3)8-7-12(10)16/h5,7-9,13H,4,6H2,1-3H3/t13-/m0/s1. The largest absolute Gasteiger partial charge is 0.454 e. The molecule has 0 saturated carbocycles. The Morgan fingerprint density at radius 2 is 2.06 bits per heavy atom. The number of carbonyl (C=O) groups excluding carboxylic acids is 2. The van der Waals surface area contributed by atoms with Crippen LogP contribution in [0.4, 0.5) is 0 Å². The maximum absolute atomic E-state index is 11.8. The molecule has 0 radical (unpaired) electrons. The molecular formula is C15H18O3. The topological polar surface area (TPSA) is 43.4 Å². The Bertz CT molecular complexity index is 478. The summed E-state index contributed by atoms with van der Waals surface area (Å²) in [5.74, 6) is -0.198. The first-order chi connectivity index (χ1) is 8.40. The van der Waals surface area contributed by atoms with Gasteiger partial charge in [-0.1, -0.05) is 26.0 Å². The van der Waals surface area contributed by atoms with Crippen LogP contribution in [0, 0.1) is 5.41 Å². The van der Waals surface area contributed by atoms with Crippen molar-refractivity contribution in [2.75, 3.05) is 0 Å². The third-order valence-electron chi connectivity index (χ3n) is 3.50. The van der Waals surface area contributed by atoms with E-state index in [1.165, 1.54) is 0 Å². The Kier molecular flexibility index (Phi) is 3.24. The van der Waals surface area contributed by atoms with E-state index in [0.717, 1.165) is 11.1 Å². The maximum atomic E-state index is 11.8. The molecule has 0 N–H and O–H groups in total. The fourth-order valence-electron chi connectivity index (χ4n) is 2.09. The van der Waals surface area contributed by atoms with Crippen LogP contribution in [-0.2, 0) is 14.3 Å². The first-order valence-electron chi connectivity index (χ1n) is 6.22. The van der Waals surface area contributed by atoms with Crippen molar-refractivity contribution in [3.63, 3.8) is 0 Å². The summed E-state index contributed by atoms with van der Waals surface area (Å²) in [6, 6.07) is 0. The minimum absolute atomic E-state index is 0.0252. The number of fused-ring (bicyclic) bond motifs is 1. The van der Waals surface area contributed by atoms with Crippen LogP contribution in [0.15, 0.2) is 35.5 Å². The highest BCUT2D eigenvalue weighted by Gasteiger charge is 2.35. The predicted molar refractivity (Wildman–Crippen MR) is 68.9 cm³/mol. The Balaban J connectivity index is 2.37. The van der Waals surface area contributed by atoms with Gasteiger partial charge < -0.3 is 4.74 Å². The zero-order valence-corrected chi connectivity index (χ0v) is 11.0. The van der Waals surface area contributed by atoms with Crippen molar-refractivity contribution in [3.8, 4) is 0 Å². The molecule has 3 heteroatoms. The van der Waals surface area contributed by atoms with Gasteiger partial charge in [0.15, 0.2) is 5.78 Å². The lowest BCUT2D eigenvalue weighted by molar-refractivity contribution is -0.142. The summed E-state index contributed by atoms with van der Waals surface area (Å²) in [7, 11) is 0. The van der Waals surface area contributed by atoms with Crippen LogP contribution >= 0.6 is 0 Å². The molecule has 1 atom stereocenters. The predicted octanol–water partition coefficient (Wildman–Crippen LogP) is 2.73. The lowest BCUT2D eigenvalue weighted by Gasteiger charge is -2.25. The van der Waals surface area contributed by atoms with Crippen molar-refractivity contribution >= 4 is 11.8 Å². The van der Waals surface area contributed by atoms with Gasteiger partial charge in [-0.3, -0.25) is 4.79 Å². The monoisotopic (exact) mass is 246 g/mol. The summed E-state index contributed by atoms with van der Waals surface area (Å²) < 4.78 is 5.36. The number of hydrogen-bond acceptors (Lipinski definition) is 3. The minimum atomic E-state index is -0.363. The minimum Gasteiger partial charge on any atom is -0.454 e. The van der Waals surface area contributed by atoms with Gasteiger partial charge in [-0.25, -0.2) is 4.79 Å². The molecule has 1 aliphatic heterocycles. The molecule has 3 nitrogen and oxygen atoms in total. The Labute approximate surface area is 107 Å². The van der Waals surface area contributed by atoms with Gasteiger partial charge in [0.1, 0.15) is 6.10 Å². The number of ether oxygens (including phenoxy) is 1. The number of ketones is 1.